The minimum absolute atomic E-state index is 0.0537. The van der Waals surface area contributed by atoms with Gasteiger partial charge in [-0.25, -0.2) is 9.97 Å². The SMILES string of the molecule is CCc1cc(NC(=O)c2sccc2C2CC2)nc(C)n1. The summed E-state index contributed by atoms with van der Waals surface area (Å²) in [7, 11) is 0. The molecule has 1 aliphatic carbocycles. The van der Waals surface area contributed by atoms with Crippen LogP contribution in [0, 0.1) is 6.92 Å². The summed E-state index contributed by atoms with van der Waals surface area (Å²) in [4.78, 5) is 21.8. The molecule has 20 heavy (non-hydrogen) atoms. The predicted molar refractivity (Wildman–Crippen MR) is 80.4 cm³/mol. The molecule has 0 aromatic carbocycles. The maximum absolute atomic E-state index is 12.4. The van der Waals surface area contributed by atoms with Gasteiger partial charge in [0.05, 0.1) is 4.88 Å². The highest BCUT2D eigenvalue weighted by atomic mass is 32.1. The summed E-state index contributed by atoms with van der Waals surface area (Å²) in [5.74, 6) is 1.81. The van der Waals surface area contributed by atoms with Crippen molar-refractivity contribution in [3.8, 4) is 0 Å². The Balaban J connectivity index is 1.81. The number of nitrogens with one attached hydrogen (secondary N) is 1. The molecule has 3 rings (SSSR count). The van der Waals surface area contributed by atoms with Crippen molar-refractivity contribution in [2.75, 3.05) is 5.32 Å². The molecule has 0 radical (unpaired) electrons. The molecule has 1 amide bonds. The van der Waals surface area contributed by atoms with Crippen LogP contribution in [0.3, 0.4) is 0 Å². The molecule has 1 saturated carbocycles. The molecule has 5 heteroatoms. The average Bonchev–Trinajstić information content (AvgIpc) is 3.15. The zero-order chi connectivity index (χ0) is 14.1. The molecular formula is C15H17N3OS. The first kappa shape index (κ1) is 13.2. The fourth-order valence-electron chi connectivity index (χ4n) is 2.27. The zero-order valence-electron chi connectivity index (χ0n) is 11.6. The Kier molecular flexibility index (Phi) is 3.53. The van der Waals surface area contributed by atoms with E-state index < -0.39 is 0 Å². The maximum Gasteiger partial charge on any atom is 0.267 e. The van der Waals surface area contributed by atoms with Gasteiger partial charge in [-0.2, -0.15) is 0 Å². The zero-order valence-corrected chi connectivity index (χ0v) is 12.5. The van der Waals surface area contributed by atoms with Crippen LogP contribution in [0.25, 0.3) is 0 Å². The fraction of sp³-hybridized carbons (Fsp3) is 0.400. The van der Waals surface area contributed by atoms with Crippen molar-refractivity contribution in [2.45, 2.75) is 39.0 Å². The van der Waals surface area contributed by atoms with Gasteiger partial charge in [0.15, 0.2) is 0 Å². The fourth-order valence-corrected chi connectivity index (χ4v) is 3.15. The lowest BCUT2D eigenvalue weighted by molar-refractivity contribution is 0.102. The number of anilines is 1. The summed E-state index contributed by atoms with van der Waals surface area (Å²) < 4.78 is 0. The Morgan fingerprint density at radius 3 is 2.95 bits per heavy atom. The van der Waals surface area contributed by atoms with Crippen LogP contribution in [0.15, 0.2) is 17.5 Å². The van der Waals surface area contributed by atoms with E-state index in [9.17, 15) is 4.79 Å². The van der Waals surface area contributed by atoms with Gasteiger partial charge in [-0.15, -0.1) is 11.3 Å². The Morgan fingerprint density at radius 2 is 2.25 bits per heavy atom. The number of carbonyl (C=O) groups excluding carboxylic acids is 1. The highest BCUT2D eigenvalue weighted by Crippen LogP contribution is 2.43. The van der Waals surface area contributed by atoms with Crippen LogP contribution >= 0.6 is 11.3 Å². The predicted octanol–water partition coefficient (Wildman–Crippen LogP) is 3.54. The molecule has 0 unspecified atom stereocenters. The average molecular weight is 287 g/mol. The van der Waals surface area contributed by atoms with Gasteiger partial charge >= 0.3 is 0 Å². The van der Waals surface area contributed by atoms with Crippen molar-refractivity contribution >= 4 is 23.1 Å². The lowest BCUT2D eigenvalue weighted by Crippen LogP contribution is -2.14. The van der Waals surface area contributed by atoms with Crippen molar-refractivity contribution in [3.63, 3.8) is 0 Å². The summed E-state index contributed by atoms with van der Waals surface area (Å²) >= 11 is 1.50. The monoisotopic (exact) mass is 287 g/mol. The molecule has 2 aromatic heterocycles. The normalized spacial score (nSPS) is 14.3. The lowest BCUT2D eigenvalue weighted by atomic mass is 10.1. The standard InChI is InChI=1S/C15H17N3OS/c1-3-11-8-13(17-9(2)16-11)18-15(19)14-12(6-7-20-14)10-4-5-10/h6-8,10H,3-5H2,1-2H3,(H,16,17,18,19). The van der Waals surface area contributed by atoms with Crippen LogP contribution < -0.4 is 5.32 Å². The molecule has 0 saturated heterocycles. The Bertz CT molecular complexity index is 646. The second kappa shape index (κ2) is 5.32. The largest absolute Gasteiger partial charge is 0.306 e. The smallest absolute Gasteiger partial charge is 0.267 e. The second-order valence-corrected chi connectivity index (χ2v) is 5.99. The van der Waals surface area contributed by atoms with Crippen LogP contribution in [-0.4, -0.2) is 15.9 Å². The molecule has 1 N–H and O–H groups in total. The summed E-state index contributed by atoms with van der Waals surface area (Å²) in [5.41, 5.74) is 2.13. The maximum atomic E-state index is 12.4. The quantitative estimate of drug-likeness (QED) is 0.935. The molecule has 1 aliphatic rings. The number of aryl methyl sites for hydroxylation is 2. The van der Waals surface area contributed by atoms with E-state index in [1.54, 1.807) is 0 Å². The van der Waals surface area contributed by atoms with E-state index >= 15 is 0 Å². The van der Waals surface area contributed by atoms with Crippen molar-refractivity contribution < 1.29 is 4.79 Å². The van der Waals surface area contributed by atoms with Crippen LogP contribution in [0.4, 0.5) is 5.82 Å². The number of carbonyl (C=O) groups is 1. The third kappa shape index (κ3) is 2.72. The second-order valence-electron chi connectivity index (χ2n) is 5.08. The minimum atomic E-state index is -0.0537. The number of rotatable bonds is 4. The number of aromatic nitrogens is 2. The topological polar surface area (TPSA) is 54.9 Å². The molecular weight excluding hydrogens is 270 g/mol. The lowest BCUT2D eigenvalue weighted by Gasteiger charge is -2.07. The molecule has 104 valence electrons. The molecule has 0 bridgehead atoms. The number of amides is 1. The van der Waals surface area contributed by atoms with Gasteiger partial charge < -0.3 is 5.32 Å². The van der Waals surface area contributed by atoms with E-state index in [4.69, 9.17) is 0 Å². The first-order valence-electron chi connectivity index (χ1n) is 6.90. The van der Waals surface area contributed by atoms with E-state index in [1.165, 1.54) is 29.7 Å². The van der Waals surface area contributed by atoms with E-state index in [2.05, 4.69) is 21.4 Å². The molecule has 0 atom stereocenters. The van der Waals surface area contributed by atoms with Crippen molar-refractivity contribution in [1.29, 1.82) is 0 Å². The summed E-state index contributed by atoms with van der Waals surface area (Å²) in [6.07, 6.45) is 3.23. The highest BCUT2D eigenvalue weighted by Gasteiger charge is 2.29. The van der Waals surface area contributed by atoms with Gasteiger partial charge in [0.25, 0.3) is 5.91 Å². The van der Waals surface area contributed by atoms with Crippen molar-refractivity contribution in [1.82, 2.24) is 9.97 Å². The van der Waals surface area contributed by atoms with Gasteiger partial charge in [-0.05, 0) is 49.1 Å². The summed E-state index contributed by atoms with van der Waals surface area (Å²) in [6.45, 7) is 3.88. The van der Waals surface area contributed by atoms with Crippen molar-refractivity contribution in [3.05, 3.63) is 39.5 Å². The summed E-state index contributed by atoms with van der Waals surface area (Å²) in [5, 5.41) is 4.89. The van der Waals surface area contributed by atoms with Crippen LogP contribution in [0.1, 0.15) is 52.4 Å². The van der Waals surface area contributed by atoms with Crippen LogP contribution in [0.5, 0.6) is 0 Å². The molecule has 0 spiro atoms. The highest BCUT2D eigenvalue weighted by molar-refractivity contribution is 7.12. The first-order chi connectivity index (χ1) is 9.67. The van der Waals surface area contributed by atoms with E-state index in [1.807, 2.05) is 25.3 Å². The van der Waals surface area contributed by atoms with Gasteiger partial charge in [-0.1, -0.05) is 6.92 Å². The molecule has 2 aromatic rings. The van der Waals surface area contributed by atoms with E-state index in [0.717, 1.165) is 17.0 Å². The van der Waals surface area contributed by atoms with Crippen LogP contribution in [-0.2, 0) is 6.42 Å². The van der Waals surface area contributed by atoms with Crippen LogP contribution in [0.2, 0.25) is 0 Å². The number of nitrogens with zero attached hydrogens (tertiary/aromatic N) is 2. The third-order valence-electron chi connectivity index (χ3n) is 3.41. The molecule has 1 fully saturated rings. The first-order valence-corrected chi connectivity index (χ1v) is 7.78. The molecule has 0 aliphatic heterocycles. The minimum Gasteiger partial charge on any atom is -0.306 e. The Hall–Kier alpha value is -1.75. The summed E-state index contributed by atoms with van der Waals surface area (Å²) in [6, 6.07) is 3.91. The molecule has 4 nitrogen and oxygen atoms in total. The van der Waals surface area contributed by atoms with Gasteiger partial charge in [0.1, 0.15) is 11.6 Å². The van der Waals surface area contributed by atoms with Crippen molar-refractivity contribution in [2.24, 2.45) is 0 Å². The Labute approximate surface area is 122 Å². The number of hydrogen-bond donors (Lipinski definition) is 1. The van der Waals surface area contributed by atoms with Gasteiger partial charge in [-0.3, -0.25) is 4.79 Å². The van der Waals surface area contributed by atoms with Gasteiger partial charge in [0.2, 0.25) is 0 Å². The Morgan fingerprint density at radius 1 is 1.45 bits per heavy atom. The number of hydrogen-bond acceptors (Lipinski definition) is 4. The van der Waals surface area contributed by atoms with E-state index in [-0.39, 0.29) is 5.91 Å². The van der Waals surface area contributed by atoms with Gasteiger partial charge in [0, 0.05) is 11.8 Å². The number of thiophene rings is 1. The molecule has 2 heterocycles. The van der Waals surface area contributed by atoms with E-state index in [0.29, 0.717) is 17.6 Å². The third-order valence-corrected chi connectivity index (χ3v) is 4.34.